The van der Waals surface area contributed by atoms with Gasteiger partial charge in [-0.05, 0) is 51.8 Å². The molecule has 2 aromatic heterocycles. The molecule has 0 bridgehead atoms. The van der Waals surface area contributed by atoms with Crippen molar-refractivity contribution in [2.75, 3.05) is 11.9 Å². The Morgan fingerprint density at radius 3 is 2.50 bits per heavy atom. The van der Waals surface area contributed by atoms with Crippen LogP contribution in [0.3, 0.4) is 0 Å². The van der Waals surface area contributed by atoms with Crippen LogP contribution >= 0.6 is 11.3 Å². The second kappa shape index (κ2) is 7.59. The largest absolute Gasteiger partial charge is 0.462 e. The summed E-state index contributed by atoms with van der Waals surface area (Å²) in [6, 6.07) is 5.73. The summed E-state index contributed by atoms with van der Waals surface area (Å²) in [6.07, 6.45) is 0. The van der Waals surface area contributed by atoms with E-state index >= 15 is 0 Å². The first-order valence-electron chi connectivity index (χ1n) is 8.87. The molecule has 1 amide bonds. The number of anilines is 1. The van der Waals surface area contributed by atoms with Crippen LogP contribution in [0.4, 0.5) is 5.00 Å². The van der Waals surface area contributed by atoms with Crippen molar-refractivity contribution in [3.8, 4) is 0 Å². The van der Waals surface area contributed by atoms with E-state index in [1.165, 1.54) is 6.92 Å². The molecule has 1 N–H and O–H groups in total. The summed E-state index contributed by atoms with van der Waals surface area (Å²) in [5, 5.41) is 3.87. The minimum atomic E-state index is -0.573. The molecule has 3 rings (SSSR count). The number of ketones is 1. The Labute approximate surface area is 166 Å². The third-order valence-corrected chi connectivity index (χ3v) is 5.78. The third-order valence-electron chi connectivity index (χ3n) is 4.47. The highest BCUT2D eigenvalue weighted by Crippen LogP contribution is 2.35. The Morgan fingerprint density at radius 2 is 1.86 bits per heavy atom. The van der Waals surface area contributed by atoms with Gasteiger partial charge in [0.05, 0.1) is 17.0 Å². The van der Waals surface area contributed by atoms with Crippen molar-refractivity contribution >= 4 is 45.0 Å². The number of hydrogen-bond donors (Lipinski definition) is 1. The summed E-state index contributed by atoms with van der Waals surface area (Å²) in [6.45, 7) is 8.74. The lowest BCUT2D eigenvalue weighted by Gasteiger charge is -2.06. The van der Waals surface area contributed by atoms with E-state index in [1.54, 1.807) is 13.8 Å². The monoisotopic (exact) mass is 399 g/mol. The Balaban J connectivity index is 2.02. The smallest absolute Gasteiger partial charge is 0.341 e. The van der Waals surface area contributed by atoms with Crippen molar-refractivity contribution in [3.63, 3.8) is 0 Å². The van der Waals surface area contributed by atoms with Crippen LogP contribution in [0.2, 0.25) is 0 Å². The maximum absolute atomic E-state index is 12.9. The highest BCUT2D eigenvalue weighted by atomic mass is 32.1. The van der Waals surface area contributed by atoms with Crippen LogP contribution in [-0.2, 0) is 4.74 Å². The number of furan rings is 1. The van der Waals surface area contributed by atoms with Gasteiger partial charge < -0.3 is 14.5 Å². The number of ether oxygens (including phenoxy) is 1. The number of Topliss-reactive ketones (excluding diaryl/α,β-unsaturated/α-hetero) is 1. The van der Waals surface area contributed by atoms with Gasteiger partial charge in [0.25, 0.3) is 5.91 Å². The van der Waals surface area contributed by atoms with Crippen LogP contribution in [-0.4, -0.2) is 24.3 Å². The SMILES string of the molecule is CCOC(=O)c1c(NC(=O)c2oc3cc(C)ccc3c2C)sc(C(C)=O)c1C. The lowest BCUT2D eigenvalue weighted by Crippen LogP contribution is -2.15. The van der Waals surface area contributed by atoms with Gasteiger partial charge in [0, 0.05) is 10.9 Å². The number of benzene rings is 1. The first kappa shape index (κ1) is 19.8. The first-order valence-corrected chi connectivity index (χ1v) is 9.68. The minimum absolute atomic E-state index is 0.172. The number of carbonyl (C=O) groups excluding carboxylic acids is 3. The number of aryl methyl sites for hydroxylation is 2. The zero-order valence-electron chi connectivity index (χ0n) is 16.4. The van der Waals surface area contributed by atoms with Crippen molar-refractivity contribution in [1.29, 1.82) is 0 Å². The van der Waals surface area contributed by atoms with E-state index < -0.39 is 11.9 Å². The number of esters is 1. The van der Waals surface area contributed by atoms with Gasteiger partial charge in [-0.2, -0.15) is 0 Å². The summed E-state index contributed by atoms with van der Waals surface area (Å²) in [7, 11) is 0. The molecular formula is C21H21NO5S. The standard InChI is InChI=1S/C21H21NO5S/c1-6-26-21(25)16-12(4)18(13(5)23)28-20(16)22-19(24)17-11(3)14-8-7-10(2)9-15(14)27-17/h7-9H,6H2,1-5H3,(H,22,24). The Morgan fingerprint density at radius 1 is 1.14 bits per heavy atom. The van der Waals surface area contributed by atoms with Crippen LogP contribution in [0.15, 0.2) is 22.6 Å². The lowest BCUT2D eigenvalue weighted by atomic mass is 10.1. The van der Waals surface area contributed by atoms with Gasteiger partial charge in [-0.1, -0.05) is 12.1 Å². The second-order valence-electron chi connectivity index (χ2n) is 6.55. The topological polar surface area (TPSA) is 85.6 Å². The second-order valence-corrected chi connectivity index (χ2v) is 7.57. The molecule has 0 aliphatic rings. The molecule has 0 saturated heterocycles. The molecule has 28 heavy (non-hydrogen) atoms. The average molecular weight is 399 g/mol. The fourth-order valence-corrected chi connectivity index (χ4v) is 4.18. The molecule has 146 valence electrons. The van der Waals surface area contributed by atoms with Crippen molar-refractivity contribution in [1.82, 2.24) is 0 Å². The van der Waals surface area contributed by atoms with Gasteiger partial charge in [-0.15, -0.1) is 11.3 Å². The summed E-state index contributed by atoms with van der Waals surface area (Å²) >= 11 is 1.06. The molecule has 2 heterocycles. The van der Waals surface area contributed by atoms with Crippen LogP contribution in [0.1, 0.15) is 61.1 Å². The third kappa shape index (κ3) is 3.45. The fourth-order valence-electron chi connectivity index (χ4n) is 3.10. The Hall–Kier alpha value is -2.93. The predicted molar refractivity (Wildman–Crippen MR) is 109 cm³/mol. The zero-order valence-corrected chi connectivity index (χ0v) is 17.2. The molecule has 3 aromatic rings. The highest BCUT2D eigenvalue weighted by molar-refractivity contribution is 7.18. The summed E-state index contributed by atoms with van der Waals surface area (Å²) in [5.74, 6) is -1.06. The van der Waals surface area contributed by atoms with Crippen LogP contribution in [0.5, 0.6) is 0 Å². The van der Waals surface area contributed by atoms with E-state index in [1.807, 2.05) is 32.0 Å². The Kier molecular flexibility index (Phi) is 5.38. The van der Waals surface area contributed by atoms with Gasteiger partial charge >= 0.3 is 5.97 Å². The van der Waals surface area contributed by atoms with E-state index in [0.717, 1.165) is 22.3 Å². The summed E-state index contributed by atoms with van der Waals surface area (Å²) in [4.78, 5) is 37.6. The molecule has 0 spiro atoms. The van der Waals surface area contributed by atoms with Crippen LogP contribution in [0.25, 0.3) is 11.0 Å². The molecule has 0 radical (unpaired) electrons. The number of nitrogens with one attached hydrogen (secondary N) is 1. The average Bonchev–Trinajstić information content (AvgIpc) is 3.12. The quantitative estimate of drug-likeness (QED) is 0.479. The Bertz CT molecular complexity index is 1110. The molecule has 0 saturated carbocycles. The van der Waals surface area contributed by atoms with E-state index in [2.05, 4.69) is 5.32 Å². The number of amides is 1. The zero-order chi connectivity index (χ0) is 20.6. The number of fused-ring (bicyclic) bond motifs is 1. The van der Waals surface area contributed by atoms with Gasteiger partial charge in [-0.25, -0.2) is 4.79 Å². The van der Waals surface area contributed by atoms with E-state index in [-0.39, 0.29) is 28.7 Å². The summed E-state index contributed by atoms with van der Waals surface area (Å²) < 4.78 is 10.9. The van der Waals surface area contributed by atoms with Crippen molar-refractivity contribution < 1.29 is 23.5 Å². The molecule has 0 fully saturated rings. The molecule has 1 aromatic carbocycles. The molecule has 6 nitrogen and oxygen atoms in total. The molecular weight excluding hydrogens is 378 g/mol. The number of rotatable bonds is 5. The maximum Gasteiger partial charge on any atom is 0.341 e. The molecule has 0 aliphatic carbocycles. The van der Waals surface area contributed by atoms with Gasteiger partial charge in [0.15, 0.2) is 11.5 Å². The maximum atomic E-state index is 12.9. The van der Waals surface area contributed by atoms with Gasteiger partial charge in [0.1, 0.15) is 10.6 Å². The molecule has 0 aliphatic heterocycles. The van der Waals surface area contributed by atoms with E-state index in [9.17, 15) is 14.4 Å². The highest BCUT2D eigenvalue weighted by Gasteiger charge is 2.27. The normalized spacial score (nSPS) is 10.9. The fraction of sp³-hybridized carbons (Fsp3) is 0.286. The van der Waals surface area contributed by atoms with E-state index in [4.69, 9.17) is 9.15 Å². The van der Waals surface area contributed by atoms with Gasteiger partial charge in [0.2, 0.25) is 0 Å². The van der Waals surface area contributed by atoms with Crippen molar-refractivity contribution in [3.05, 3.63) is 51.1 Å². The molecule has 0 unspecified atom stereocenters. The predicted octanol–water partition coefficient (Wildman–Crippen LogP) is 5.05. The summed E-state index contributed by atoms with van der Waals surface area (Å²) in [5.41, 5.74) is 3.07. The molecule has 7 heteroatoms. The first-order chi connectivity index (χ1) is 13.2. The van der Waals surface area contributed by atoms with Crippen molar-refractivity contribution in [2.24, 2.45) is 0 Å². The van der Waals surface area contributed by atoms with E-state index in [0.29, 0.717) is 21.6 Å². The van der Waals surface area contributed by atoms with Gasteiger partial charge in [-0.3, -0.25) is 9.59 Å². The number of carbonyl (C=O) groups is 3. The van der Waals surface area contributed by atoms with Crippen LogP contribution in [0, 0.1) is 20.8 Å². The minimum Gasteiger partial charge on any atom is -0.462 e. The lowest BCUT2D eigenvalue weighted by molar-refractivity contribution is 0.0527. The number of hydrogen-bond acceptors (Lipinski definition) is 6. The number of thiophene rings is 1. The van der Waals surface area contributed by atoms with Crippen molar-refractivity contribution in [2.45, 2.75) is 34.6 Å². The van der Waals surface area contributed by atoms with Crippen LogP contribution < -0.4 is 5.32 Å². The molecule has 0 atom stereocenters.